The van der Waals surface area contributed by atoms with Crippen LogP contribution < -0.4 is 4.46 Å². The summed E-state index contributed by atoms with van der Waals surface area (Å²) in [4.78, 5) is 0. The second-order valence-corrected chi connectivity index (χ2v) is 7.41. The minimum absolute atomic E-state index is 0.507. The predicted octanol–water partition coefficient (Wildman–Crippen LogP) is 3.80. The molecule has 1 aromatic rings. The van der Waals surface area contributed by atoms with Crippen molar-refractivity contribution in [2.45, 2.75) is 32.6 Å². The Morgan fingerprint density at radius 1 is 1.25 bits per heavy atom. The molecule has 1 rings (SSSR count). The Morgan fingerprint density at radius 3 is 2.62 bits per heavy atom. The van der Waals surface area contributed by atoms with Gasteiger partial charge in [0.05, 0.1) is 0 Å². The fourth-order valence-electron chi connectivity index (χ4n) is 1.39. The molecule has 0 aliphatic rings. The number of rotatable bonds is 7. The first-order valence-electron chi connectivity index (χ1n) is 5.84. The Hall–Kier alpha value is -0.171. The summed E-state index contributed by atoms with van der Waals surface area (Å²) >= 11 is 2.42. The molecule has 0 unspecified atom stereocenters. The predicted molar refractivity (Wildman–Crippen MR) is 77.6 cm³/mol. The number of benzene rings is 1. The van der Waals surface area contributed by atoms with Crippen LogP contribution in [0, 0.1) is 0 Å². The van der Waals surface area contributed by atoms with Crippen LogP contribution in [0.1, 0.15) is 32.6 Å². The van der Waals surface area contributed by atoms with E-state index in [9.17, 15) is 0 Å². The van der Waals surface area contributed by atoms with E-state index >= 15 is 0 Å². The standard InChI is InChI=1S/C14H20SSe/c1-3-4-5-9-12-14(15-2)16-13-10-7-6-8-11-13/h6-8,10-12H,3-5,9H2,1-2H3/b14-12-. The third kappa shape index (κ3) is 5.79. The van der Waals surface area contributed by atoms with Gasteiger partial charge in [0, 0.05) is 0 Å². The molecule has 0 nitrogen and oxygen atoms in total. The summed E-state index contributed by atoms with van der Waals surface area (Å²) in [5.41, 5.74) is 0. The van der Waals surface area contributed by atoms with Crippen molar-refractivity contribution in [2.75, 3.05) is 6.26 Å². The summed E-state index contributed by atoms with van der Waals surface area (Å²) in [6, 6.07) is 10.8. The van der Waals surface area contributed by atoms with E-state index in [1.165, 1.54) is 30.1 Å². The summed E-state index contributed by atoms with van der Waals surface area (Å²) in [6.07, 6.45) is 9.89. The molecule has 0 aliphatic carbocycles. The number of unbranched alkanes of at least 4 members (excludes halogenated alkanes) is 3. The normalized spacial score (nSPS) is 11.8. The molecule has 2 heteroatoms. The van der Waals surface area contributed by atoms with E-state index in [0.717, 1.165) is 0 Å². The molecule has 0 heterocycles. The Bertz CT molecular complexity index is 306. The van der Waals surface area contributed by atoms with E-state index < -0.39 is 0 Å². The summed E-state index contributed by atoms with van der Waals surface area (Å²) in [5.74, 6) is 0. The number of hydrogen-bond donors (Lipinski definition) is 0. The van der Waals surface area contributed by atoms with Crippen LogP contribution in [0.4, 0.5) is 0 Å². The van der Waals surface area contributed by atoms with Crippen LogP contribution in [0.5, 0.6) is 0 Å². The molecule has 0 N–H and O–H groups in total. The average Bonchev–Trinajstić information content (AvgIpc) is 2.34. The summed E-state index contributed by atoms with van der Waals surface area (Å²) in [5, 5.41) is 0. The van der Waals surface area contributed by atoms with Crippen LogP contribution in [0.15, 0.2) is 40.2 Å². The van der Waals surface area contributed by atoms with Crippen molar-refractivity contribution in [2.24, 2.45) is 0 Å². The van der Waals surface area contributed by atoms with Crippen molar-refractivity contribution >= 4 is 31.2 Å². The number of allylic oxidation sites excluding steroid dienone is 1. The van der Waals surface area contributed by atoms with Gasteiger partial charge in [0.15, 0.2) is 0 Å². The van der Waals surface area contributed by atoms with Gasteiger partial charge in [-0.1, -0.05) is 0 Å². The van der Waals surface area contributed by atoms with Gasteiger partial charge in [-0.15, -0.1) is 0 Å². The number of hydrogen-bond acceptors (Lipinski definition) is 1. The van der Waals surface area contributed by atoms with E-state index in [0.29, 0.717) is 15.0 Å². The summed E-state index contributed by atoms with van der Waals surface area (Å²) in [6.45, 7) is 2.26. The quantitative estimate of drug-likeness (QED) is 0.545. The van der Waals surface area contributed by atoms with Crippen LogP contribution in [-0.2, 0) is 0 Å². The SMILES string of the molecule is CCCCC/C=C(/SC)[Se]c1ccccc1. The van der Waals surface area contributed by atoms with Gasteiger partial charge in [-0.05, 0) is 0 Å². The van der Waals surface area contributed by atoms with Crippen molar-refractivity contribution in [3.63, 3.8) is 0 Å². The average molecular weight is 299 g/mol. The molecule has 0 aliphatic heterocycles. The van der Waals surface area contributed by atoms with Crippen molar-refractivity contribution in [3.05, 3.63) is 40.2 Å². The van der Waals surface area contributed by atoms with Gasteiger partial charge in [0.1, 0.15) is 0 Å². The first-order chi connectivity index (χ1) is 7.86. The first-order valence-corrected chi connectivity index (χ1v) is 8.77. The zero-order valence-electron chi connectivity index (χ0n) is 10.1. The molecule has 0 radical (unpaired) electrons. The third-order valence-electron chi connectivity index (χ3n) is 2.28. The molecule has 88 valence electrons. The van der Waals surface area contributed by atoms with Crippen LogP contribution in [-0.4, -0.2) is 21.2 Å². The van der Waals surface area contributed by atoms with E-state index in [1.807, 2.05) is 11.8 Å². The molecular weight excluding hydrogens is 279 g/mol. The van der Waals surface area contributed by atoms with Crippen LogP contribution in [0.25, 0.3) is 0 Å². The Kier molecular flexibility index (Phi) is 7.75. The molecule has 0 atom stereocenters. The zero-order valence-corrected chi connectivity index (χ0v) is 12.6. The van der Waals surface area contributed by atoms with Crippen LogP contribution in [0.3, 0.4) is 0 Å². The van der Waals surface area contributed by atoms with Crippen molar-refractivity contribution in [1.82, 2.24) is 0 Å². The Labute approximate surface area is 110 Å². The van der Waals surface area contributed by atoms with Crippen molar-refractivity contribution < 1.29 is 0 Å². The number of thioether (sulfide) groups is 1. The van der Waals surface area contributed by atoms with Crippen LogP contribution in [0.2, 0.25) is 0 Å². The second-order valence-electron chi connectivity index (χ2n) is 3.64. The van der Waals surface area contributed by atoms with Gasteiger partial charge in [0.25, 0.3) is 0 Å². The molecule has 0 aromatic heterocycles. The first kappa shape index (κ1) is 13.9. The van der Waals surface area contributed by atoms with Gasteiger partial charge >= 0.3 is 110 Å². The second kappa shape index (κ2) is 8.92. The fourth-order valence-corrected chi connectivity index (χ4v) is 4.30. The Morgan fingerprint density at radius 2 is 2.00 bits per heavy atom. The van der Waals surface area contributed by atoms with E-state index in [-0.39, 0.29) is 0 Å². The van der Waals surface area contributed by atoms with Gasteiger partial charge in [-0.2, -0.15) is 0 Å². The van der Waals surface area contributed by atoms with Gasteiger partial charge in [-0.3, -0.25) is 0 Å². The molecule has 0 bridgehead atoms. The minimum atomic E-state index is 0.507. The van der Waals surface area contributed by atoms with Crippen LogP contribution >= 0.6 is 11.8 Å². The van der Waals surface area contributed by atoms with Gasteiger partial charge in [0.2, 0.25) is 0 Å². The van der Waals surface area contributed by atoms with Crippen molar-refractivity contribution in [1.29, 1.82) is 0 Å². The van der Waals surface area contributed by atoms with E-state index in [1.54, 1.807) is 3.80 Å². The monoisotopic (exact) mass is 300 g/mol. The molecule has 0 amide bonds. The van der Waals surface area contributed by atoms with Gasteiger partial charge in [-0.25, -0.2) is 0 Å². The molecule has 0 saturated carbocycles. The molecule has 0 saturated heterocycles. The third-order valence-corrected chi connectivity index (χ3v) is 6.17. The van der Waals surface area contributed by atoms with E-state index in [4.69, 9.17) is 0 Å². The molecule has 1 aromatic carbocycles. The van der Waals surface area contributed by atoms with Crippen molar-refractivity contribution in [3.8, 4) is 0 Å². The molecular formula is C14H20SSe. The Balaban J connectivity index is 2.42. The summed E-state index contributed by atoms with van der Waals surface area (Å²) < 4.78 is 3.04. The molecule has 0 spiro atoms. The molecule has 16 heavy (non-hydrogen) atoms. The van der Waals surface area contributed by atoms with E-state index in [2.05, 4.69) is 49.6 Å². The fraction of sp³-hybridized carbons (Fsp3) is 0.429. The van der Waals surface area contributed by atoms with Gasteiger partial charge < -0.3 is 0 Å². The topological polar surface area (TPSA) is 0 Å². The summed E-state index contributed by atoms with van der Waals surface area (Å²) in [7, 11) is 0. The maximum absolute atomic E-state index is 2.44. The zero-order chi connectivity index (χ0) is 11.6. The molecule has 0 fully saturated rings. The maximum atomic E-state index is 2.44.